The first-order valence-corrected chi connectivity index (χ1v) is 20.3. The number of amides is 1. The maximum absolute atomic E-state index is 13.5. The molecule has 7 nitrogen and oxygen atoms in total. The van der Waals surface area contributed by atoms with Gasteiger partial charge in [0.25, 0.3) is 0 Å². The highest BCUT2D eigenvalue weighted by atomic mass is 16.5. The number of fused-ring (bicyclic) bond motifs is 5. The summed E-state index contributed by atoms with van der Waals surface area (Å²) in [6, 6.07) is 0. The van der Waals surface area contributed by atoms with E-state index in [1.807, 2.05) is 4.90 Å². The molecular formula is C41H74N4O3. The number of carbonyl (C=O) groups excluding carboxylic acids is 2. The molecule has 4 aliphatic rings. The van der Waals surface area contributed by atoms with Crippen LogP contribution in [0.1, 0.15) is 138 Å². The zero-order valence-electron chi connectivity index (χ0n) is 31.9. The Balaban J connectivity index is 1.31. The summed E-state index contributed by atoms with van der Waals surface area (Å²) in [6.45, 7) is 18.5. The van der Waals surface area contributed by atoms with E-state index in [2.05, 4.69) is 46.0 Å². The number of unbranched alkanes of at least 4 members (excludes halogenated alkanes) is 1. The smallest absolute Gasteiger partial charge is 0.318 e. The number of nitrogens with one attached hydrogen (secondary N) is 1. The van der Waals surface area contributed by atoms with E-state index in [9.17, 15) is 9.59 Å². The molecule has 5 N–H and O–H groups in total. The van der Waals surface area contributed by atoms with Crippen LogP contribution in [0.25, 0.3) is 0 Å². The number of esters is 1. The van der Waals surface area contributed by atoms with Crippen molar-refractivity contribution in [3.05, 3.63) is 11.6 Å². The number of carbonyl (C=O) groups is 2. The lowest BCUT2D eigenvalue weighted by Gasteiger charge is -2.58. The maximum Gasteiger partial charge on any atom is 0.318 e. The molecule has 4 aliphatic carbocycles. The summed E-state index contributed by atoms with van der Waals surface area (Å²) in [7, 11) is 0. The minimum atomic E-state index is -0.789. The molecule has 276 valence electrons. The van der Waals surface area contributed by atoms with Crippen molar-refractivity contribution < 1.29 is 14.3 Å². The van der Waals surface area contributed by atoms with Crippen molar-refractivity contribution in [1.29, 1.82) is 0 Å². The maximum atomic E-state index is 13.5. The van der Waals surface area contributed by atoms with E-state index in [4.69, 9.17) is 16.2 Å². The van der Waals surface area contributed by atoms with Gasteiger partial charge < -0.3 is 26.4 Å². The van der Waals surface area contributed by atoms with E-state index in [-0.39, 0.29) is 23.4 Å². The van der Waals surface area contributed by atoms with Crippen LogP contribution in [0, 0.1) is 52.3 Å². The van der Waals surface area contributed by atoms with E-state index in [1.165, 1.54) is 56.9 Å². The molecule has 0 aromatic rings. The largest absolute Gasteiger partial charge is 0.461 e. The summed E-state index contributed by atoms with van der Waals surface area (Å²) < 4.78 is 6.14. The van der Waals surface area contributed by atoms with Crippen LogP contribution in [0.3, 0.4) is 0 Å². The SMILES string of the molecule is CC(C)CCC[C@@H](C)[C@H]1CC[C@H]2[C@@H]3CC=C4C[C@@H](OC(=O)C(C)C(=O)N(CCCN)CCCCNCCCN)CC[C@]4(C)C3CC[C@]12C. The van der Waals surface area contributed by atoms with Gasteiger partial charge in [-0.25, -0.2) is 0 Å². The number of nitrogens with zero attached hydrogens (tertiary/aromatic N) is 1. The molecule has 0 spiro atoms. The Morgan fingerprint density at radius 3 is 2.35 bits per heavy atom. The van der Waals surface area contributed by atoms with Crippen LogP contribution in [-0.2, 0) is 14.3 Å². The van der Waals surface area contributed by atoms with Crippen LogP contribution in [-0.4, -0.2) is 62.1 Å². The van der Waals surface area contributed by atoms with Crippen molar-refractivity contribution in [2.75, 3.05) is 39.3 Å². The third kappa shape index (κ3) is 9.26. The lowest BCUT2D eigenvalue weighted by molar-refractivity contribution is -0.161. The molecule has 0 aromatic heterocycles. The van der Waals surface area contributed by atoms with Gasteiger partial charge in [-0.3, -0.25) is 9.59 Å². The highest BCUT2D eigenvalue weighted by Crippen LogP contribution is 2.67. The molecule has 7 heteroatoms. The van der Waals surface area contributed by atoms with Gasteiger partial charge in [0.15, 0.2) is 0 Å². The third-order valence-electron chi connectivity index (χ3n) is 13.8. The highest BCUT2D eigenvalue weighted by Gasteiger charge is 2.59. The van der Waals surface area contributed by atoms with Crippen LogP contribution in [0.4, 0.5) is 0 Å². The average Bonchev–Trinajstić information content (AvgIpc) is 3.42. The number of ether oxygens (including phenoxy) is 1. The van der Waals surface area contributed by atoms with E-state index >= 15 is 0 Å². The van der Waals surface area contributed by atoms with E-state index < -0.39 is 5.92 Å². The molecule has 2 unspecified atom stereocenters. The Labute approximate surface area is 294 Å². The van der Waals surface area contributed by atoms with Crippen LogP contribution in [0.2, 0.25) is 0 Å². The van der Waals surface area contributed by atoms with Gasteiger partial charge in [0.2, 0.25) is 5.91 Å². The number of nitrogens with two attached hydrogens (primary N) is 2. The normalized spacial score (nSPS) is 32.5. The van der Waals surface area contributed by atoms with Crippen molar-refractivity contribution in [3.63, 3.8) is 0 Å². The average molecular weight is 671 g/mol. The zero-order chi connectivity index (χ0) is 34.9. The lowest BCUT2D eigenvalue weighted by Crippen LogP contribution is -2.51. The van der Waals surface area contributed by atoms with Crippen molar-refractivity contribution in [2.24, 2.45) is 63.7 Å². The fourth-order valence-electron chi connectivity index (χ4n) is 10.9. The monoisotopic (exact) mass is 671 g/mol. The molecule has 1 amide bonds. The molecule has 3 saturated carbocycles. The molecule has 0 radical (unpaired) electrons. The number of hydrogen-bond donors (Lipinski definition) is 3. The molecule has 0 aromatic carbocycles. The molecule has 48 heavy (non-hydrogen) atoms. The van der Waals surface area contributed by atoms with Crippen molar-refractivity contribution in [1.82, 2.24) is 10.2 Å². The molecule has 0 bridgehead atoms. The Morgan fingerprint density at radius 2 is 1.62 bits per heavy atom. The second kappa shape index (κ2) is 18.2. The summed E-state index contributed by atoms with van der Waals surface area (Å²) >= 11 is 0. The Bertz CT molecular complexity index is 1060. The third-order valence-corrected chi connectivity index (χ3v) is 13.8. The van der Waals surface area contributed by atoms with Gasteiger partial charge in [-0.05, 0) is 150 Å². The topological polar surface area (TPSA) is 111 Å². The van der Waals surface area contributed by atoms with Crippen LogP contribution in [0.15, 0.2) is 11.6 Å². The number of allylic oxidation sites excluding steroid dienone is 1. The molecule has 0 aliphatic heterocycles. The lowest BCUT2D eigenvalue weighted by atomic mass is 9.47. The van der Waals surface area contributed by atoms with Gasteiger partial charge in [0.1, 0.15) is 12.0 Å². The fraction of sp³-hybridized carbons (Fsp3) is 0.902. The van der Waals surface area contributed by atoms with E-state index in [0.29, 0.717) is 31.6 Å². The first kappa shape index (κ1) is 39.3. The summed E-state index contributed by atoms with van der Waals surface area (Å²) in [5, 5.41) is 3.40. The van der Waals surface area contributed by atoms with Gasteiger partial charge in [0, 0.05) is 19.5 Å². The van der Waals surface area contributed by atoms with Crippen LogP contribution < -0.4 is 16.8 Å². The van der Waals surface area contributed by atoms with Crippen molar-refractivity contribution >= 4 is 11.9 Å². The van der Waals surface area contributed by atoms with Gasteiger partial charge >= 0.3 is 5.97 Å². The Morgan fingerprint density at radius 1 is 0.896 bits per heavy atom. The Hall–Kier alpha value is -1.44. The first-order chi connectivity index (χ1) is 23.0. The van der Waals surface area contributed by atoms with Crippen LogP contribution in [0.5, 0.6) is 0 Å². The van der Waals surface area contributed by atoms with Gasteiger partial charge in [-0.15, -0.1) is 0 Å². The molecule has 4 rings (SSSR count). The molecule has 0 saturated heterocycles. The van der Waals surface area contributed by atoms with Crippen LogP contribution >= 0.6 is 0 Å². The Kier molecular flexibility index (Phi) is 14.9. The predicted octanol–water partition coefficient (Wildman–Crippen LogP) is 7.47. The van der Waals surface area contributed by atoms with E-state index in [1.54, 1.807) is 6.92 Å². The summed E-state index contributed by atoms with van der Waals surface area (Å²) in [5.41, 5.74) is 13.6. The number of rotatable bonds is 19. The summed E-state index contributed by atoms with van der Waals surface area (Å²) in [4.78, 5) is 28.7. The molecular weight excluding hydrogens is 596 g/mol. The quantitative estimate of drug-likeness (QED) is 0.0569. The minimum absolute atomic E-state index is 0.126. The predicted molar refractivity (Wildman–Crippen MR) is 198 cm³/mol. The second-order valence-corrected chi connectivity index (χ2v) is 17.4. The fourth-order valence-corrected chi connectivity index (χ4v) is 10.9. The van der Waals surface area contributed by atoms with E-state index in [0.717, 1.165) is 93.5 Å². The van der Waals surface area contributed by atoms with Gasteiger partial charge in [0.05, 0.1) is 0 Å². The van der Waals surface area contributed by atoms with Crippen molar-refractivity contribution in [3.8, 4) is 0 Å². The molecule has 0 heterocycles. The standard InChI is InChI=1S/C41H74N4O3/c1-29(2)12-9-13-30(3)35-16-17-36-34-15-14-32-28-33(18-20-40(32,5)37(34)19-21-41(35,36)6)48-39(47)31(4)38(46)45(27-11-23-43)26-8-7-24-44-25-10-22-42/h14,29-31,33-37,44H,7-13,15-28,42-43H2,1-6H3/t30-,31?,33+,34+,35-,36+,37?,40+,41-/m1/s1. The van der Waals surface area contributed by atoms with Gasteiger partial charge in [-0.1, -0.05) is 65.5 Å². The second-order valence-electron chi connectivity index (χ2n) is 17.4. The number of hydrogen-bond acceptors (Lipinski definition) is 6. The summed E-state index contributed by atoms with van der Waals surface area (Å²) in [5.74, 6) is 3.63. The highest BCUT2D eigenvalue weighted by molar-refractivity contribution is 5.97. The molecule has 9 atom stereocenters. The minimum Gasteiger partial charge on any atom is -0.461 e. The van der Waals surface area contributed by atoms with Crippen molar-refractivity contribution in [2.45, 2.75) is 144 Å². The molecule has 3 fully saturated rings. The first-order valence-electron chi connectivity index (χ1n) is 20.3. The zero-order valence-corrected chi connectivity index (χ0v) is 31.9. The summed E-state index contributed by atoms with van der Waals surface area (Å²) in [6.07, 6.45) is 19.7. The van der Waals surface area contributed by atoms with Gasteiger partial charge in [-0.2, -0.15) is 0 Å².